The van der Waals surface area contributed by atoms with E-state index in [4.69, 9.17) is 9.47 Å². The van der Waals surface area contributed by atoms with Crippen LogP contribution in [0.1, 0.15) is 37.3 Å². The number of fused-ring (bicyclic) bond motifs is 1. The van der Waals surface area contributed by atoms with Gasteiger partial charge in [0.15, 0.2) is 5.96 Å². The van der Waals surface area contributed by atoms with Crippen molar-refractivity contribution in [3.8, 4) is 11.5 Å². The second kappa shape index (κ2) is 9.12. The summed E-state index contributed by atoms with van der Waals surface area (Å²) in [7, 11) is 3.52. The molecule has 1 unspecified atom stereocenters. The normalized spacial score (nSPS) is 20.4. The highest BCUT2D eigenvalue weighted by Gasteiger charge is 2.21. The van der Waals surface area contributed by atoms with Crippen LogP contribution in [0.2, 0.25) is 0 Å². The predicted molar refractivity (Wildman–Crippen MR) is 105 cm³/mol. The molecule has 1 atom stereocenters. The molecule has 2 N–H and O–H groups in total. The summed E-state index contributed by atoms with van der Waals surface area (Å²) in [5.74, 6) is 2.69. The number of aliphatic imine (C=N–C) groups is 1. The zero-order chi connectivity index (χ0) is 18.4. The van der Waals surface area contributed by atoms with Crippen molar-refractivity contribution in [2.45, 2.75) is 45.3 Å². The Labute approximate surface area is 157 Å². The van der Waals surface area contributed by atoms with Crippen molar-refractivity contribution in [1.82, 2.24) is 15.5 Å². The van der Waals surface area contributed by atoms with Crippen LogP contribution in [0.3, 0.4) is 0 Å². The first-order valence-corrected chi connectivity index (χ1v) is 9.73. The molecule has 0 aromatic heterocycles. The topological polar surface area (TPSA) is 58.1 Å². The first kappa shape index (κ1) is 18.8. The van der Waals surface area contributed by atoms with Crippen LogP contribution in [0.5, 0.6) is 11.5 Å². The van der Waals surface area contributed by atoms with Crippen LogP contribution in [0.15, 0.2) is 17.1 Å². The van der Waals surface area contributed by atoms with Gasteiger partial charge in [0.25, 0.3) is 0 Å². The summed E-state index contributed by atoms with van der Waals surface area (Å²) < 4.78 is 11.4. The molecule has 2 heterocycles. The Balaban J connectivity index is 1.51. The highest BCUT2D eigenvalue weighted by Crippen LogP contribution is 2.34. The Morgan fingerprint density at radius 3 is 2.81 bits per heavy atom. The van der Waals surface area contributed by atoms with Crippen molar-refractivity contribution in [3.63, 3.8) is 0 Å². The summed E-state index contributed by atoms with van der Waals surface area (Å²) in [6.07, 6.45) is 5.21. The number of piperidine rings is 1. The van der Waals surface area contributed by atoms with Crippen molar-refractivity contribution >= 4 is 5.96 Å². The third-order valence-corrected chi connectivity index (χ3v) is 5.14. The zero-order valence-electron chi connectivity index (χ0n) is 16.3. The monoisotopic (exact) mass is 360 g/mol. The molecule has 6 nitrogen and oxygen atoms in total. The SMILES string of the molecule is CN=C(NCCN1CCCCC1)NCc1cc2c(cc1OC)CC(C)O2. The van der Waals surface area contributed by atoms with Gasteiger partial charge in [-0.2, -0.15) is 0 Å². The molecule has 0 radical (unpaired) electrons. The standard InChI is InChI=1S/C20H32N4O2/c1-15-11-16-12-18(25-3)17(13-19(16)26-15)14-23-20(21-2)22-7-10-24-8-5-4-6-9-24/h12-13,15H,4-11,14H2,1-3H3,(H2,21,22,23). The predicted octanol–water partition coefficient (Wildman–Crippen LogP) is 2.17. The van der Waals surface area contributed by atoms with Crippen molar-refractivity contribution in [2.75, 3.05) is 40.3 Å². The lowest BCUT2D eigenvalue weighted by Gasteiger charge is -2.26. The summed E-state index contributed by atoms with van der Waals surface area (Å²) in [5.41, 5.74) is 2.31. The van der Waals surface area contributed by atoms with E-state index in [-0.39, 0.29) is 6.10 Å². The number of benzene rings is 1. The van der Waals surface area contributed by atoms with E-state index in [9.17, 15) is 0 Å². The van der Waals surface area contributed by atoms with Gasteiger partial charge in [-0.1, -0.05) is 6.42 Å². The fourth-order valence-corrected chi connectivity index (χ4v) is 3.72. The number of hydrogen-bond acceptors (Lipinski definition) is 4. The molecule has 3 rings (SSSR count). The minimum absolute atomic E-state index is 0.238. The van der Waals surface area contributed by atoms with Gasteiger partial charge >= 0.3 is 0 Å². The van der Waals surface area contributed by atoms with Gasteiger partial charge in [0.1, 0.15) is 17.6 Å². The first-order chi connectivity index (χ1) is 12.7. The molecule has 6 heteroatoms. The van der Waals surface area contributed by atoms with Crippen LogP contribution in [-0.4, -0.2) is 57.3 Å². The molecule has 1 fully saturated rings. The van der Waals surface area contributed by atoms with Gasteiger partial charge in [-0.15, -0.1) is 0 Å². The number of likely N-dealkylation sites (tertiary alicyclic amines) is 1. The molecule has 2 aliphatic rings. The number of guanidine groups is 1. The van der Waals surface area contributed by atoms with Crippen LogP contribution in [0, 0.1) is 0 Å². The number of nitrogens with one attached hydrogen (secondary N) is 2. The molecule has 0 spiro atoms. The zero-order valence-corrected chi connectivity index (χ0v) is 16.3. The van der Waals surface area contributed by atoms with Crippen molar-refractivity contribution in [1.29, 1.82) is 0 Å². The number of nitrogens with zero attached hydrogens (tertiary/aromatic N) is 2. The first-order valence-electron chi connectivity index (χ1n) is 9.73. The summed E-state index contributed by atoms with van der Waals surface area (Å²) >= 11 is 0. The quantitative estimate of drug-likeness (QED) is 0.601. The summed E-state index contributed by atoms with van der Waals surface area (Å²) in [6, 6.07) is 4.19. The largest absolute Gasteiger partial charge is 0.496 e. The molecule has 2 aliphatic heterocycles. The van der Waals surface area contributed by atoms with Gasteiger partial charge in [0, 0.05) is 44.2 Å². The fraction of sp³-hybridized carbons (Fsp3) is 0.650. The van der Waals surface area contributed by atoms with Crippen LogP contribution in [0.4, 0.5) is 0 Å². The Hall–Kier alpha value is -1.95. The van der Waals surface area contributed by atoms with E-state index >= 15 is 0 Å². The van der Waals surface area contributed by atoms with E-state index in [1.54, 1.807) is 14.2 Å². The number of hydrogen-bond donors (Lipinski definition) is 2. The third kappa shape index (κ3) is 4.81. The molecule has 0 aliphatic carbocycles. The molecular formula is C20H32N4O2. The van der Waals surface area contributed by atoms with Crippen molar-refractivity contribution < 1.29 is 9.47 Å². The maximum absolute atomic E-state index is 5.88. The van der Waals surface area contributed by atoms with Gasteiger partial charge < -0.3 is 25.0 Å². The minimum atomic E-state index is 0.238. The molecule has 26 heavy (non-hydrogen) atoms. The second-order valence-corrected chi connectivity index (χ2v) is 7.16. The van der Waals surface area contributed by atoms with Gasteiger partial charge in [-0.3, -0.25) is 4.99 Å². The van der Waals surface area contributed by atoms with E-state index in [1.807, 2.05) is 0 Å². The van der Waals surface area contributed by atoms with Crippen molar-refractivity contribution in [3.05, 3.63) is 23.3 Å². The van der Waals surface area contributed by atoms with E-state index in [0.717, 1.165) is 42.5 Å². The number of methoxy groups -OCH3 is 1. The Morgan fingerprint density at radius 1 is 1.27 bits per heavy atom. The minimum Gasteiger partial charge on any atom is -0.496 e. The molecule has 0 amide bonds. The Morgan fingerprint density at radius 2 is 2.08 bits per heavy atom. The molecule has 0 saturated carbocycles. The molecule has 1 saturated heterocycles. The Kier molecular flexibility index (Phi) is 6.61. The smallest absolute Gasteiger partial charge is 0.191 e. The van der Waals surface area contributed by atoms with Gasteiger partial charge in [-0.25, -0.2) is 0 Å². The maximum atomic E-state index is 5.88. The van der Waals surface area contributed by atoms with Gasteiger partial charge in [-0.05, 0) is 45.0 Å². The highest BCUT2D eigenvalue weighted by atomic mass is 16.5. The third-order valence-electron chi connectivity index (χ3n) is 5.14. The van der Waals surface area contributed by atoms with E-state index in [1.165, 1.54) is 37.9 Å². The highest BCUT2D eigenvalue weighted by molar-refractivity contribution is 5.79. The molecular weight excluding hydrogens is 328 g/mol. The fourth-order valence-electron chi connectivity index (χ4n) is 3.72. The lowest BCUT2D eigenvalue weighted by atomic mass is 10.1. The number of rotatable bonds is 6. The van der Waals surface area contributed by atoms with Gasteiger partial charge in [0.2, 0.25) is 0 Å². The molecule has 144 valence electrons. The van der Waals surface area contributed by atoms with Crippen LogP contribution in [-0.2, 0) is 13.0 Å². The number of ether oxygens (including phenoxy) is 2. The van der Waals surface area contributed by atoms with E-state index in [0.29, 0.717) is 6.54 Å². The average Bonchev–Trinajstić information content (AvgIpc) is 3.03. The van der Waals surface area contributed by atoms with Gasteiger partial charge in [0.05, 0.1) is 7.11 Å². The second-order valence-electron chi connectivity index (χ2n) is 7.16. The molecule has 1 aromatic carbocycles. The summed E-state index contributed by atoms with van der Waals surface area (Å²) in [6.45, 7) is 7.16. The lowest BCUT2D eigenvalue weighted by Crippen LogP contribution is -2.42. The maximum Gasteiger partial charge on any atom is 0.191 e. The molecule has 0 bridgehead atoms. The summed E-state index contributed by atoms with van der Waals surface area (Å²) in [4.78, 5) is 6.85. The van der Waals surface area contributed by atoms with E-state index < -0.39 is 0 Å². The van der Waals surface area contributed by atoms with E-state index in [2.05, 4.69) is 39.6 Å². The Bertz CT molecular complexity index is 626. The van der Waals surface area contributed by atoms with Crippen LogP contribution < -0.4 is 20.1 Å². The lowest BCUT2D eigenvalue weighted by molar-refractivity contribution is 0.232. The van der Waals surface area contributed by atoms with Crippen LogP contribution >= 0.6 is 0 Å². The van der Waals surface area contributed by atoms with Crippen LogP contribution in [0.25, 0.3) is 0 Å². The van der Waals surface area contributed by atoms with Crippen molar-refractivity contribution in [2.24, 2.45) is 4.99 Å². The average molecular weight is 361 g/mol. The molecule has 1 aromatic rings. The summed E-state index contributed by atoms with van der Waals surface area (Å²) in [5, 5.41) is 6.79.